The average Bonchev–Trinajstić information content (AvgIpc) is 2.56. The molecule has 0 aliphatic heterocycles. The summed E-state index contributed by atoms with van der Waals surface area (Å²) in [5.74, 6) is 0.635. The number of amides is 1. The van der Waals surface area contributed by atoms with E-state index < -0.39 is 0 Å². The normalized spacial score (nSPS) is 11.7. The van der Waals surface area contributed by atoms with Crippen LogP contribution >= 0.6 is 0 Å². The van der Waals surface area contributed by atoms with Crippen LogP contribution < -0.4 is 10.1 Å². The molecule has 0 spiro atoms. The molecule has 0 heterocycles. The van der Waals surface area contributed by atoms with Gasteiger partial charge < -0.3 is 15.2 Å². The van der Waals surface area contributed by atoms with Crippen molar-refractivity contribution in [1.82, 2.24) is 5.32 Å². The molecule has 2 rings (SSSR count). The van der Waals surface area contributed by atoms with Crippen molar-refractivity contribution in [2.24, 2.45) is 0 Å². The fourth-order valence-electron chi connectivity index (χ4n) is 2.10. The Labute approximate surface area is 130 Å². The smallest absolute Gasteiger partial charge is 0.223 e. The van der Waals surface area contributed by atoms with Crippen molar-refractivity contribution in [3.05, 3.63) is 54.6 Å². The SMILES string of the molecule is CC(CO)NC(=O)CCOc1ccccc1-c1ccccc1. The molecule has 0 aromatic heterocycles. The van der Waals surface area contributed by atoms with Crippen LogP contribution in [0.25, 0.3) is 11.1 Å². The Kier molecular flexibility index (Phi) is 5.98. The van der Waals surface area contributed by atoms with Crippen molar-refractivity contribution < 1.29 is 14.6 Å². The van der Waals surface area contributed by atoms with Crippen molar-refractivity contribution in [1.29, 1.82) is 0 Å². The van der Waals surface area contributed by atoms with Gasteiger partial charge in [-0.1, -0.05) is 48.5 Å². The van der Waals surface area contributed by atoms with E-state index in [1.165, 1.54) is 0 Å². The standard InChI is InChI=1S/C18H21NO3/c1-14(13-20)19-18(21)11-12-22-17-10-6-5-9-16(17)15-7-3-2-4-8-15/h2-10,14,20H,11-13H2,1H3,(H,19,21). The third-order valence-electron chi connectivity index (χ3n) is 3.24. The predicted molar refractivity (Wildman–Crippen MR) is 86.7 cm³/mol. The van der Waals surface area contributed by atoms with E-state index in [9.17, 15) is 4.79 Å². The number of aliphatic hydroxyl groups excluding tert-OH is 1. The summed E-state index contributed by atoms with van der Waals surface area (Å²) in [6, 6.07) is 17.5. The molecule has 22 heavy (non-hydrogen) atoms. The lowest BCUT2D eigenvalue weighted by Gasteiger charge is -2.13. The number of hydrogen-bond acceptors (Lipinski definition) is 3. The van der Waals surface area contributed by atoms with Crippen LogP contribution in [-0.4, -0.2) is 30.3 Å². The van der Waals surface area contributed by atoms with Gasteiger partial charge in [-0.05, 0) is 18.6 Å². The Bertz CT molecular complexity index is 598. The van der Waals surface area contributed by atoms with E-state index in [0.29, 0.717) is 6.61 Å². The number of para-hydroxylation sites is 1. The molecule has 0 aliphatic rings. The maximum atomic E-state index is 11.7. The van der Waals surface area contributed by atoms with Gasteiger partial charge in [-0.3, -0.25) is 4.79 Å². The first kappa shape index (κ1) is 16.0. The van der Waals surface area contributed by atoms with Gasteiger partial charge in [-0.2, -0.15) is 0 Å². The van der Waals surface area contributed by atoms with Gasteiger partial charge >= 0.3 is 0 Å². The lowest BCUT2D eigenvalue weighted by Crippen LogP contribution is -2.35. The molecule has 0 fully saturated rings. The summed E-state index contributed by atoms with van der Waals surface area (Å²) >= 11 is 0. The summed E-state index contributed by atoms with van der Waals surface area (Å²) < 4.78 is 5.75. The van der Waals surface area contributed by atoms with E-state index >= 15 is 0 Å². The Morgan fingerprint density at radius 3 is 2.55 bits per heavy atom. The van der Waals surface area contributed by atoms with Crippen LogP contribution in [-0.2, 0) is 4.79 Å². The highest BCUT2D eigenvalue weighted by molar-refractivity contribution is 5.76. The van der Waals surface area contributed by atoms with Crippen molar-refractivity contribution in [3.8, 4) is 16.9 Å². The maximum absolute atomic E-state index is 11.7. The highest BCUT2D eigenvalue weighted by Crippen LogP contribution is 2.29. The molecule has 4 heteroatoms. The second-order valence-corrected chi connectivity index (χ2v) is 5.11. The first-order valence-corrected chi connectivity index (χ1v) is 7.38. The van der Waals surface area contributed by atoms with Crippen LogP contribution in [0.2, 0.25) is 0 Å². The zero-order valence-electron chi connectivity index (χ0n) is 12.7. The molecule has 4 nitrogen and oxygen atoms in total. The van der Waals surface area contributed by atoms with E-state index in [2.05, 4.69) is 5.32 Å². The molecule has 0 bridgehead atoms. The van der Waals surface area contributed by atoms with Crippen molar-refractivity contribution in [2.75, 3.05) is 13.2 Å². The third kappa shape index (κ3) is 4.60. The molecule has 0 saturated heterocycles. The van der Waals surface area contributed by atoms with Gasteiger partial charge in [0.1, 0.15) is 5.75 Å². The lowest BCUT2D eigenvalue weighted by atomic mass is 10.1. The average molecular weight is 299 g/mol. The summed E-state index contributed by atoms with van der Waals surface area (Å²) in [5.41, 5.74) is 2.09. The minimum atomic E-state index is -0.232. The van der Waals surface area contributed by atoms with E-state index in [0.717, 1.165) is 16.9 Å². The summed E-state index contributed by atoms with van der Waals surface area (Å²) in [6.07, 6.45) is 0.257. The van der Waals surface area contributed by atoms with Crippen molar-refractivity contribution in [3.63, 3.8) is 0 Å². The van der Waals surface area contributed by atoms with E-state index in [-0.39, 0.29) is 25.0 Å². The number of carbonyl (C=O) groups is 1. The zero-order valence-corrected chi connectivity index (χ0v) is 12.7. The molecular formula is C18H21NO3. The largest absolute Gasteiger partial charge is 0.492 e. The summed E-state index contributed by atoms with van der Waals surface area (Å²) in [6.45, 7) is 1.99. The number of benzene rings is 2. The highest BCUT2D eigenvalue weighted by atomic mass is 16.5. The van der Waals surface area contributed by atoms with Gasteiger partial charge in [0.25, 0.3) is 0 Å². The molecule has 2 aromatic rings. The zero-order chi connectivity index (χ0) is 15.8. The van der Waals surface area contributed by atoms with Gasteiger partial charge in [0.2, 0.25) is 5.91 Å². The van der Waals surface area contributed by atoms with Crippen LogP contribution in [0.3, 0.4) is 0 Å². The summed E-state index contributed by atoms with van der Waals surface area (Å²) in [7, 11) is 0. The quantitative estimate of drug-likeness (QED) is 0.826. The number of hydrogen-bond donors (Lipinski definition) is 2. The van der Waals surface area contributed by atoms with Crippen molar-refractivity contribution in [2.45, 2.75) is 19.4 Å². The Morgan fingerprint density at radius 2 is 1.82 bits per heavy atom. The van der Waals surface area contributed by atoms with E-state index in [4.69, 9.17) is 9.84 Å². The van der Waals surface area contributed by atoms with Crippen molar-refractivity contribution >= 4 is 5.91 Å². The molecule has 1 atom stereocenters. The van der Waals surface area contributed by atoms with Crippen LogP contribution in [0.4, 0.5) is 0 Å². The minimum absolute atomic E-state index is 0.0660. The Morgan fingerprint density at radius 1 is 1.14 bits per heavy atom. The Hall–Kier alpha value is -2.33. The van der Waals surface area contributed by atoms with Gasteiger partial charge in [-0.25, -0.2) is 0 Å². The first-order valence-electron chi connectivity index (χ1n) is 7.38. The van der Waals surface area contributed by atoms with Gasteiger partial charge in [0.15, 0.2) is 0 Å². The van der Waals surface area contributed by atoms with Crippen LogP contribution in [0, 0.1) is 0 Å². The molecule has 2 N–H and O–H groups in total. The fourth-order valence-corrected chi connectivity index (χ4v) is 2.10. The van der Waals surface area contributed by atoms with Crippen LogP contribution in [0.15, 0.2) is 54.6 Å². The lowest BCUT2D eigenvalue weighted by molar-refractivity contribution is -0.122. The molecule has 116 valence electrons. The minimum Gasteiger partial charge on any atom is -0.492 e. The number of aliphatic hydroxyl groups is 1. The Balaban J connectivity index is 1.95. The van der Waals surface area contributed by atoms with E-state index in [1.54, 1.807) is 6.92 Å². The van der Waals surface area contributed by atoms with Gasteiger partial charge in [0.05, 0.1) is 19.6 Å². The second-order valence-electron chi connectivity index (χ2n) is 5.11. The molecule has 0 radical (unpaired) electrons. The highest BCUT2D eigenvalue weighted by Gasteiger charge is 2.08. The van der Waals surface area contributed by atoms with Crippen LogP contribution in [0.5, 0.6) is 5.75 Å². The molecule has 1 amide bonds. The number of ether oxygens (including phenoxy) is 1. The fraction of sp³-hybridized carbons (Fsp3) is 0.278. The summed E-state index contributed by atoms with van der Waals surface area (Å²) in [5, 5.41) is 11.6. The number of carbonyl (C=O) groups excluding carboxylic acids is 1. The molecule has 1 unspecified atom stereocenters. The second kappa shape index (κ2) is 8.20. The van der Waals surface area contributed by atoms with Gasteiger partial charge in [0, 0.05) is 11.6 Å². The molecule has 0 aliphatic carbocycles. The van der Waals surface area contributed by atoms with E-state index in [1.807, 2.05) is 54.6 Å². The first-order chi connectivity index (χ1) is 10.7. The van der Waals surface area contributed by atoms with Gasteiger partial charge in [-0.15, -0.1) is 0 Å². The maximum Gasteiger partial charge on any atom is 0.223 e. The summed E-state index contributed by atoms with van der Waals surface area (Å²) in [4.78, 5) is 11.7. The monoisotopic (exact) mass is 299 g/mol. The topological polar surface area (TPSA) is 58.6 Å². The molecule has 2 aromatic carbocycles. The van der Waals surface area contributed by atoms with Crippen LogP contribution in [0.1, 0.15) is 13.3 Å². The number of nitrogens with one attached hydrogen (secondary N) is 1. The predicted octanol–water partition coefficient (Wildman–Crippen LogP) is 2.62. The molecule has 0 saturated carbocycles. The molecular weight excluding hydrogens is 278 g/mol. The third-order valence-corrected chi connectivity index (χ3v) is 3.24. The number of rotatable bonds is 7.